The molecule has 0 N–H and O–H groups in total. The van der Waals surface area contributed by atoms with Gasteiger partial charge in [-0.25, -0.2) is 0 Å². The van der Waals surface area contributed by atoms with Crippen molar-refractivity contribution in [3.8, 4) is 11.8 Å². The summed E-state index contributed by atoms with van der Waals surface area (Å²) in [6.45, 7) is 8.61. The Hall–Kier alpha value is -4.12. The lowest BCUT2D eigenvalue weighted by molar-refractivity contribution is 0.113. The summed E-state index contributed by atoms with van der Waals surface area (Å²) in [7, 11) is 0. The average molecular weight is 490 g/mol. The largest absolute Gasteiger partial charge is 0.297 e. The molecule has 0 bridgehead atoms. The maximum atomic E-state index is 9.93. The molecule has 0 radical (unpaired) electrons. The van der Waals surface area contributed by atoms with E-state index in [9.17, 15) is 5.26 Å². The minimum Gasteiger partial charge on any atom is -0.297 e. The fraction of sp³-hybridized carbons (Fsp3) is 0.267. The minimum atomic E-state index is -0.230. The molecule has 2 heterocycles. The van der Waals surface area contributed by atoms with Crippen molar-refractivity contribution in [2.45, 2.75) is 19.9 Å². The molecule has 0 spiro atoms. The lowest BCUT2D eigenvalue weighted by atomic mass is 9.97. The van der Waals surface area contributed by atoms with Gasteiger partial charge in [0, 0.05) is 32.7 Å². The summed E-state index contributed by atoms with van der Waals surface area (Å²) < 4.78 is 1.86. The van der Waals surface area contributed by atoms with Crippen molar-refractivity contribution in [1.82, 2.24) is 30.0 Å². The van der Waals surface area contributed by atoms with E-state index >= 15 is 0 Å². The van der Waals surface area contributed by atoms with E-state index in [0.717, 1.165) is 60.9 Å². The van der Waals surface area contributed by atoms with Gasteiger partial charge in [0.25, 0.3) is 0 Å². The molecule has 4 aromatic rings. The number of rotatable bonds is 7. The highest BCUT2D eigenvalue weighted by Gasteiger charge is 2.32. The van der Waals surface area contributed by atoms with E-state index in [1.165, 1.54) is 5.56 Å². The van der Waals surface area contributed by atoms with Crippen molar-refractivity contribution >= 4 is 6.08 Å². The summed E-state index contributed by atoms with van der Waals surface area (Å²) in [5, 5.41) is 23.0. The number of nitrogens with zero attached hydrogens (tertiary/aromatic N) is 7. The summed E-state index contributed by atoms with van der Waals surface area (Å²) in [6, 6.07) is 26.5. The van der Waals surface area contributed by atoms with Gasteiger partial charge >= 0.3 is 0 Å². The monoisotopic (exact) mass is 489 g/mol. The molecule has 1 atom stereocenters. The lowest BCUT2D eigenvalue weighted by Gasteiger charge is -2.38. The van der Waals surface area contributed by atoms with Gasteiger partial charge in [0.05, 0.1) is 23.4 Å². The van der Waals surface area contributed by atoms with Gasteiger partial charge in [-0.3, -0.25) is 9.80 Å². The first-order chi connectivity index (χ1) is 18.2. The molecule has 1 aliphatic rings. The van der Waals surface area contributed by atoms with Crippen molar-refractivity contribution in [1.29, 1.82) is 5.26 Å². The summed E-state index contributed by atoms with van der Waals surface area (Å²) in [6.07, 6.45) is 4.41. The highest BCUT2D eigenvalue weighted by atomic mass is 15.6. The number of aromatic nitrogens is 4. The van der Waals surface area contributed by atoms with Crippen LogP contribution in [0.1, 0.15) is 39.7 Å². The first-order valence-corrected chi connectivity index (χ1v) is 12.7. The van der Waals surface area contributed by atoms with E-state index in [4.69, 9.17) is 0 Å². The maximum absolute atomic E-state index is 9.93. The zero-order valence-electron chi connectivity index (χ0n) is 21.3. The summed E-state index contributed by atoms with van der Waals surface area (Å²) in [5.41, 5.74) is 6.01. The number of piperazine rings is 1. The van der Waals surface area contributed by atoms with Gasteiger partial charge in [0.15, 0.2) is 5.82 Å². The standard InChI is InChI=1S/C30H31N7/c1-23-10-8-11-24(2)28(23)37-30(32-33-34-37)29(27-16-7-6-15-26(27)22-31)36-20-18-35(19-21-36)17-9-14-25-12-4-3-5-13-25/h3-16,29H,17-21H2,1-2H3/b14-9+. The smallest absolute Gasteiger partial charge is 0.178 e. The van der Waals surface area contributed by atoms with Crippen LogP contribution in [-0.4, -0.2) is 62.7 Å². The third kappa shape index (κ3) is 5.36. The average Bonchev–Trinajstić information content (AvgIpc) is 3.39. The number of para-hydroxylation sites is 1. The van der Waals surface area contributed by atoms with Gasteiger partial charge in [0.1, 0.15) is 0 Å². The molecule has 186 valence electrons. The van der Waals surface area contributed by atoms with Crippen LogP contribution >= 0.6 is 0 Å². The number of benzene rings is 3. The van der Waals surface area contributed by atoms with E-state index in [-0.39, 0.29) is 6.04 Å². The molecule has 1 fully saturated rings. The SMILES string of the molecule is Cc1cccc(C)c1-n1nnnc1C(c1ccccc1C#N)N1CCN(C/C=C/c2ccccc2)CC1. The number of tetrazole rings is 1. The predicted molar refractivity (Wildman–Crippen MR) is 145 cm³/mol. The first kappa shape index (κ1) is 24.6. The molecule has 37 heavy (non-hydrogen) atoms. The third-order valence-electron chi connectivity index (χ3n) is 7.01. The van der Waals surface area contributed by atoms with Crippen LogP contribution in [0.5, 0.6) is 0 Å². The second-order valence-corrected chi connectivity index (χ2v) is 9.44. The van der Waals surface area contributed by atoms with Crippen LogP contribution in [0.3, 0.4) is 0 Å². The fourth-order valence-electron chi connectivity index (χ4n) is 5.11. The highest BCUT2D eigenvalue weighted by Crippen LogP contribution is 2.32. The van der Waals surface area contributed by atoms with Gasteiger partial charge in [-0.1, -0.05) is 78.9 Å². The molecule has 1 aromatic heterocycles. The van der Waals surface area contributed by atoms with Crippen molar-refractivity contribution in [3.05, 3.63) is 113 Å². The molecular weight excluding hydrogens is 458 g/mol. The Balaban J connectivity index is 1.43. The quantitative estimate of drug-likeness (QED) is 0.379. The van der Waals surface area contributed by atoms with Crippen LogP contribution in [-0.2, 0) is 0 Å². The topological polar surface area (TPSA) is 73.9 Å². The Kier molecular flexibility index (Phi) is 7.50. The Labute approximate surface area is 218 Å². The Morgan fingerprint density at radius 2 is 1.59 bits per heavy atom. The van der Waals surface area contributed by atoms with Crippen LogP contribution < -0.4 is 0 Å². The van der Waals surface area contributed by atoms with E-state index in [0.29, 0.717) is 5.56 Å². The predicted octanol–water partition coefficient (Wildman–Crippen LogP) is 4.57. The van der Waals surface area contributed by atoms with E-state index in [1.807, 2.05) is 41.1 Å². The van der Waals surface area contributed by atoms with Gasteiger partial charge in [-0.05, 0) is 52.6 Å². The minimum absolute atomic E-state index is 0.230. The zero-order valence-corrected chi connectivity index (χ0v) is 21.3. The molecule has 7 heteroatoms. The normalized spacial score (nSPS) is 15.6. The first-order valence-electron chi connectivity index (χ1n) is 12.7. The second kappa shape index (κ2) is 11.3. The van der Waals surface area contributed by atoms with Crippen LogP contribution in [0.2, 0.25) is 0 Å². The maximum Gasteiger partial charge on any atom is 0.178 e. The van der Waals surface area contributed by atoms with Gasteiger partial charge in [-0.2, -0.15) is 9.94 Å². The van der Waals surface area contributed by atoms with Crippen LogP contribution in [0, 0.1) is 25.2 Å². The van der Waals surface area contributed by atoms with Crippen LogP contribution in [0.4, 0.5) is 0 Å². The summed E-state index contributed by atoms with van der Waals surface area (Å²) in [4.78, 5) is 4.86. The number of nitriles is 1. The molecule has 5 rings (SSSR count). The molecule has 1 aliphatic heterocycles. The molecule has 1 saturated heterocycles. The lowest BCUT2D eigenvalue weighted by Crippen LogP contribution is -2.48. The third-order valence-corrected chi connectivity index (χ3v) is 7.01. The molecule has 3 aromatic carbocycles. The Bertz CT molecular complexity index is 1390. The van der Waals surface area contributed by atoms with Gasteiger partial charge in [0.2, 0.25) is 0 Å². The van der Waals surface area contributed by atoms with Crippen molar-refractivity contribution in [2.24, 2.45) is 0 Å². The molecule has 0 saturated carbocycles. The summed E-state index contributed by atoms with van der Waals surface area (Å²) in [5.74, 6) is 0.734. The summed E-state index contributed by atoms with van der Waals surface area (Å²) >= 11 is 0. The second-order valence-electron chi connectivity index (χ2n) is 9.44. The molecule has 7 nitrogen and oxygen atoms in total. The van der Waals surface area contributed by atoms with Crippen molar-refractivity contribution in [3.63, 3.8) is 0 Å². The van der Waals surface area contributed by atoms with E-state index in [2.05, 4.69) is 93.8 Å². The van der Waals surface area contributed by atoms with Crippen LogP contribution in [0.15, 0.2) is 78.9 Å². The Morgan fingerprint density at radius 1 is 0.892 bits per heavy atom. The number of aryl methyl sites for hydroxylation is 2. The highest BCUT2D eigenvalue weighted by molar-refractivity contribution is 5.49. The Morgan fingerprint density at radius 3 is 2.32 bits per heavy atom. The number of hydrogen-bond acceptors (Lipinski definition) is 6. The number of hydrogen-bond donors (Lipinski definition) is 0. The molecule has 0 aliphatic carbocycles. The van der Waals surface area contributed by atoms with Crippen molar-refractivity contribution < 1.29 is 0 Å². The molecule has 0 amide bonds. The molecular formula is C30H31N7. The van der Waals surface area contributed by atoms with Crippen molar-refractivity contribution in [2.75, 3.05) is 32.7 Å². The van der Waals surface area contributed by atoms with Gasteiger partial charge in [-0.15, -0.1) is 5.10 Å². The van der Waals surface area contributed by atoms with E-state index in [1.54, 1.807) is 0 Å². The fourth-order valence-corrected chi connectivity index (χ4v) is 5.11. The van der Waals surface area contributed by atoms with Gasteiger partial charge < -0.3 is 0 Å². The van der Waals surface area contributed by atoms with E-state index < -0.39 is 0 Å². The molecule has 1 unspecified atom stereocenters. The zero-order chi connectivity index (χ0) is 25.6. The van der Waals surface area contributed by atoms with Crippen LogP contribution in [0.25, 0.3) is 11.8 Å².